The number of alkyl halides is 3. The van der Waals surface area contributed by atoms with Crippen LogP contribution in [0.25, 0.3) is 0 Å². The van der Waals surface area contributed by atoms with E-state index in [0.29, 0.717) is 30.3 Å². The Labute approximate surface area is 278 Å². The van der Waals surface area contributed by atoms with Gasteiger partial charge in [-0.3, -0.25) is 4.79 Å². The van der Waals surface area contributed by atoms with Gasteiger partial charge in [-0.15, -0.1) is 10.2 Å². The molecule has 1 aromatic rings. The van der Waals surface area contributed by atoms with Crippen LogP contribution in [0, 0.1) is 11.3 Å². The van der Waals surface area contributed by atoms with Gasteiger partial charge in [0, 0.05) is 29.9 Å². The van der Waals surface area contributed by atoms with Crippen molar-refractivity contribution in [3.63, 3.8) is 0 Å². The molecule has 1 aliphatic carbocycles. The molecule has 0 unspecified atom stereocenters. The summed E-state index contributed by atoms with van der Waals surface area (Å²) in [7, 11) is 24.6. The van der Waals surface area contributed by atoms with E-state index in [-0.39, 0.29) is 6.54 Å². The van der Waals surface area contributed by atoms with Crippen molar-refractivity contribution in [2.75, 3.05) is 11.4 Å². The SMILES string of the molecule is BC1(B)CN(c2nc(C3CC3)c3c(c2C#N)CC(C)(C)OC3)C(B)(B)[C@@](B)(C(B)(C(B)(B)B)C(B)(B)B)N1C(=O)CC(F)(F)F. The number of halogens is 3. The molecule has 3 heterocycles. The molecule has 228 valence electrons. The van der Waals surface area contributed by atoms with Gasteiger partial charge in [0.1, 0.15) is 65.4 Å². The molecule has 1 saturated carbocycles. The largest absolute Gasteiger partial charge is 0.397 e. The van der Waals surface area contributed by atoms with E-state index in [1.165, 1.54) is 0 Å². The second kappa shape index (κ2) is 10.7. The van der Waals surface area contributed by atoms with Gasteiger partial charge in [-0.1, -0.05) is 5.31 Å². The van der Waals surface area contributed by atoms with E-state index in [1.807, 2.05) is 53.1 Å². The molecular formula is C24H43B12F3N4O2. The summed E-state index contributed by atoms with van der Waals surface area (Å²) in [5, 5.41) is 7.11. The van der Waals surface area contributed by atoms with Gasteiger partial charge in [0.05, 0.1) is 70.5 Å². The summed E-state index contributed by atoms with van der Waals surface area (Å²) < 4.78 is 48.2. The number of nitrogens with zero attached hydrogens (tertiary/aromatic N) is 4. The highest BCUT2D eigenvalue weighted by molar-refractivity contribution is 6.71. The lowest BCUT2D eigenvalue weighted by molar-refractivity contribution is -0.168. The number of nitriles is 1. The van der Waals surface area contributed by atoms with Crippen LogP contribution in [0.1, 0.15) is 61.4 Å². The predicted octanol–water partition coefficient (Wildman–Crippen LogP) is -7.81. The van der Waals surface area contributed by atoms with Gasteiger partial charge in [0.15, 0.2) is 0 Å². The minimum Gasteiger partial charge on any atom is -0.370 e. The number of hydrogen-bond donors (Lipinski definition) is 0. The van der Waals surface area contributed by atoms with Crippen molar-refractivity contribution in [1.82, 2.24) is 9.88 Å². The third-order valence-corrected chi connectivity index (χ3v) is 12.0. The molecule has 1 atom stereocenters. The van der Waals surface area contributed by atoms with Crippen LogP contribution in [-0.2, 0) is 22.6 Å². The highest BCUT2D eigenvalue weighted by Gasteiger charge is 2.70. The monoisotopic (exact) mass is 608 g/mol. The van der Waals surface area contributed by atoms with E-state index in [4.69, 9.17) is 9.72 Å². The molecule has 1 aromatic heterocycles. The van der Waals surface area contributed by atoms with Crippen LogP contribution >= 0.6 is 0 Å². The highest BCUT2D eigenvalue weighted by Crippen LogP contribution is 2.67. The predicted molar refractivity (Wildman–Crippen MR) is 207 cm³/mol. The first kappa shape index (κ1) is 36.3. The number of carbonyl (C=O) groups is 1. The van der Waals surface area contributed by atoms with Crippen LogP contribution in [0.15, 0.2) is 0 Å². The van der Waals surface area contributed by atoms with E-state index >= 15 is 0 Å². The molecule has 3 aliphatic rings. The topological polar surface area (TPSA) is 69.5 Å². The van der Waals surface area contributed by atoms with Crippen molar-refractivity contribution < 1.29 is 22.7 Å². The first-order valence-electron chi connectivity index (χ1n) is 16.3. The average molecular weight is 606 g/mol. The molecule has 21 heteroatoms. The fourth-order valence-corrected chi connectivity index (χ4v) is 9.18. The maximum absolute atomic E-state index is 14.1. The van der Waals surface area contributed by atoms with Crippen LogP contribution < -0.4 is 4.90 Å². The fraction of sp³-hybridized carbons (Fsp3) is 0.708. The summed E-state index contributed by atoms with van der Waals surface area (Å²) in [6, 6.07) is 2.51. The molecule has 6 nitrogen and oxygen atoms in total. The van der Waals surface area contributed by atoms with Gasteiger partial charge in [-0.2, -0.15) is 18.4 Å². The molecule has 45 heavy (non-hydrogen) atoms. The summed E-state index contributed by atoms with van der Waals surface area (Å²) >= 11 is 0. The smallest absolute Gasteiger partial charge is 0.370 e. The molecule has 0 bridgehead atoms. The summed E-state index contributed by atoms with van der Waals surface area (Å²) in [4.78, 5) is 23.1. The van der Waals surface area contributed by atoms with Crippen LogP contribution in [0.4, 0.5) is 19.0 Å². The number of aromatic nitrogens is 1. The summed E-state index contributed by atoms with van der Waals surface area (Å²) in [5.74, 6) is -0.0752. The maximum Gasteiger partial charge on any atom is 0.397 e. The van der Waals surface area contributed by atoms with Gasteiger partial charge >= 0.3 is 6.18 Å². The number of amides is 1. The Balaban J connectivity index is 2.11. The zero-order valence-corrected chi connectivity index (χ0v) is 30.1. The molecule has 2 fully saturated rings. The number of anilines is 1. The lowest BCUT2D eigenvalue weighted by atomic mass is 9.08. The minimum atomic E-state index is -4.66. The van der Waals surface area contributed by atoms with Crippen molar-refractivity contribution in [1.29, 1.82) is 5.26 Å². The number of piperazine rings is 1. The minimum absolute atomic E-state index is 0.216. The normalized spacial score (nSPS) is 24.8. The third kappa shape index (κ3) is 5.69. The summed E-state index contributed by atoms with van der Waals surface area (Å²) in [5.41, 5.74) is 1.80. The number of pyridine rings is 1. The molecule has 1 amide bonds. The number of hydrogen-bond acceptors (Lipinski definition) is 5. The third-order valence-electron chi connectivity index (χ3n) is 12.0. The zero-order valence-electron chi connectivity index (χ0n) is 30.1. The van der Waals surface area contributed by atoms with Crippen molar-refractivity contribution >= 4 is 106 Å². The van der Waals surface area contributed by atoms with Crippen molar-refractivity contribution in [3.05, 3.63) is 22.4 Å². The Morgan fingerprint density at radius 2 is 1.53 bits per heavy atom. The molecule has 2 aliphatic heterocycles. The van der Waals surface area contributed by atoms with E-state index in [1.54, 1.807) is 4.90 Å². The van der Waals surface area contributed by atoms with Crippen molar-refractivity contribution in [3.8, 4) is 6.07 Å². The first-order valence-corrected chi connectivity index (χ1v) is 16.3. The highest BCUT2D eigenvalue weighted by atomic mass is 19.4. The standard InChI is InChI=1S/C24H43B12F3N4O2/c1-17(2)5-11-12(7-40)16(41-15(10-3-4-10)13(11)8-45-17)42-9-18(25,26)43(14(44)6-19(37,38)39)21(28,24(42,35)36)20(27,22(29,30)31)23(32,33)34/h10H,3-6,8-9,25-36H2,1-2H3/t21-/m1/s1. The lowest BCUT2D eigenvalue weighted by Gasteiger charge is -2.78. The van der Waals surface area contributed by atoms with E-state index < -0.39 is 55.8 Å². The lowest BCUT2D eigenvalue weighted by Crippen LogP contribution is -2.89. The van der Waals surface area contributed by atoms with Crippen molar-refractivity contribution in [2.24, 2.45) is 0 Å². The number of rotatable bonds is 6. The molecular weight excluding hydrogens is 563 g/mol. The quantitative estimate of drug-likeness (QED) is 0.302. The van der Waals surface area contributed by atoms with Crippen molar-refractivity contribution in [2.45, 2.75) is 95.5 Å². The summed E-state index contributed by atoms with van der Waals surface area (Å²) in [6.07, 6.45) is -3.59. The Morgan fingerprint density at radius 1 is 1.00 bits per heavy atom. The fourth-order valence-electron chi connectivity index (χ4n) is 9.18. The van der Waals surface area contributed by atoms with E-state index in [0.717, 1.165) is 29.7 Å². The molecule has 0 radical (unpaired) electrons. The Morgan fingerprint density at radius 3 is 1.98 bits per heavy atom. The Kier molecular flexibility index (Phi) is 8.64. The zero-order chi connectivity index (χ0) is 34.6. The summed E-state index contributed by atoms with van der Waals surface area (Å²) in [6.45, 7) is 4.67. The molecule has 0 N–H and O–H groups in total. The molecule has 0 spiro atoms. The maximum atomic E-state index is 14.1. The van der Waals surface area contributed by atoms with Crippen LogP contribution in [0.3, 0.4) is 0 Å². The van der Waals surface area contributed by atoms with Gasteiger partial charge < -0.3 is 14.5 Å². The number of carbonyl (C=O) groups excluding carboxylic acids is 1. The van der Waals surface area contributed by atoms with E-state index in [2.05, 4.69) is 65.9 Å². The van der Waals surface area contributed by atoms with Crippen LogP contribution in [0.5, 0.6) is 0 Å². The van der Waals surface area contributed by atoms with Gasteiger partial charge in [-0.25, -0.2) is 4.98 Å². The molecule has 1 saturated heterocycles. The molecule has 0 aromatic carbocycles. The number of fused-ring (bicyclic) bond motifs is 1. The Bertz CT molecular complexity index is 1420. The Hall–Kier alpha value is -1.56. The van der Waals surface area contributed by atoms with Crippen LogP contribution in [0.2, 0.25) is 15.5 Å². The first-order chi connectivity index (χ1) is 20.1. The van der Waals surface area contributed by atoms with Gasteiger partial charge in [-0.05, 0) is 42.9 Å². The second-order valence-corrected chi connectivity index (χ2v) is 17.9. The second-order valence-electron chi connectivity index (χ2n) is 17.9. The molecule has 4 rings (SSSR count). The van der Waals surface area contributed by atoms with Gasteiger partial charge in [0.25, 0.3) is 0 Å². The number of ether oxygens (including phenoxy) is 1. The van der Waals surface area contributed by atoms with Crippen LogP contribution in [-0.4, -0.2) is 144 Å². The average Bonchev–Trinajstić information content (AvgIpc) is 3.67. The van der Waals surface area contributed by atoms with Gasteiger partial charge in [0.2, 0.25) is 5.91 Å². The van der Waals surface area contributed by atoms with E-state index in [9.17, 15) is 23.2 Å².